The standard InChI is InChI=1S/C13H14BrFN2O/c1-7-4-10(14)11(15)5-12(7)16-6-13-17-8(2)9(3)18-13/h4-5,16H,6H2,1-3H3. The Balaban J connectivity index is 2.13. The molecule has 0 saturated carbocycles. The normalized spacial score (nSPS) is 10.7. The summed E-state index contributed by atoms with van der Waals surface area (Å²) in [6, 6.07) is 3.20. The number of anilines is 1. The Labute approximate surface area is 114 Å². The Kier molecular flexibility index (Phi) is 3.71. The van der Waals surface area contributed by atoms with E-state index in [2.05, 4.69) is 26.2 Å². The van der Waals surface area contributed by atoms with Crippen molar-refractivity contribution in [3.63, 3.8) is 0 Å². The molecule has 0 unspecified atom stereocenters. The molecule has 18 heavy (non-hydrogen) atoms. The van der Waals surface area contributed by atoms with Crippen LogP contribution in [0, 0.1) is 26.6 Å². The summed E-state index contributed by atoms with van der Waals surface area (Å²) in [6.07, 6.45) is 0. The Morgan fingerprint density at radius 1 is 1.33 bits per heavy atom. The second kappa shape index (κ2) is 5.10. The minimum atomic E-state index is -0.289. The van der Waals surface area contributed by atoms with Crippen LogP contribution in [-0.2, 0) is 6.54 Å². The van der Waals surface area contributed by atoms with Crippen LogP contribution in [0.2, 0.25) is 0 Å². The number of halogens is 2. The van der Waals surface area contributed by atoms with Crippen molar-refractivity contribution in [1.82, 2.24) is 4.98 Å². The van der Waals surface area contributed by atoms with E-state index in [1.54, 1.807) is 6.07 Å². The van der Waals surface area contributed by atoms with E-state index >= 15 is 0 Å². The minimum Gasteiger partial charge on any atom is -0.444 e. The third-order valence-corrected chi connectivity index (χ3v) is 3.38. The van der Waals surface area contributed by atoms with E-state index in [0.717, 1.165) is 22.7 Å². The highest BCUT2D eigenvalue weighted by molar-refractivity contribution is 9.10. The van der Waals surface area contributed by atoms with Crippen molar-refractivity contribution >= 4 is 21.6 Å². The molecular weight excluding hydrogens is 299 g/mol. The highest BCUT2D eigenvalue weighted by Gasteiger charge is 2.08. The van der Waals surface area contributed by atoms with E-state index in [1.807, 2.05) is 20.8 Å². The first-order valence-corrected chi connectivity index (χ1v) is 6.39. The van der Waals surface area contributed by atoms with Gasteiger partial charge in [0.05, 0.1) is 16.7 Å². The quantitative estimate of drug-likeness (QED) is 0.926. The molecule has 0 atom stereocenters. The smallest absolute Gasteiger partial charge is 0.213 e. The lowest BCUT2D eigenvalue weighted by Gasteiger charge is -2.08. The van der Waals surface area contributed by atoms with E-state index in [9.17, 15) is 4.39 Å². The number of hydrogen-bond acceptors (Lipinski definition) is 3. The zero-order valence-corrected chi connectivity index (χ0v) is 12.1. The summed E-state index contributed by atoms with van der Waals surface area (Å²) in [4.78, 5) is 4.26. The Bertz CT molecular complexity index is 561. The fourth-order valence-electron chi connectivity index (χ4n) is 1.62. The van der Waals surface area contributed by atoms with E-state index < -0.39 is 0 Å². The Morgan fingerprint density at radius 3 is 2.67 bits per heavy atom. The van der Waals surface area contributed by atoms with Gasteiger partial charge in [0.25, 0.3) is 0 Å². The largest absolute Gasteiger partial charge is 0.444 e. The van der Waals surface area contributed by atoms with Crippen molar-refractivity contribution in [2.24, 2.45) is 0 Å². The highest BCUT2D eigenvalue weighted by atomic mass is 79.9. The van der Waals surface area contributed by atoms with Crippen LogP contribution < -0.4 is 5.32 Å². The number of aromatic nitrogens is 1. The van der Waals surface area contributed by atoms with Crippen LogP contribution in [0.1, 0.15) is 22.9 Å². The molecule has 3 nitrogen and oxygen atoms in total. The van der Waals surface area contributed by atoms with Gasteiger partial charge in [-0.2, -0.15) is 0 Å². The average molecular weight is 313 g/mol. The van der Waals surface area contributed by atoms with Crippen molar-refractivity contribution in [3.05, 3.63) is 45.3 Å². The van der Waals surface area contributed by atoms with Crippen molar-refractivity contribution in [2.45, 2.75) is 27.3 Å². The molecule has 2 rings (SSSR count). The maximum absolute atomic E-state index is 13.4. The molecule has 1 N–H and O–H groups in total. The van der Waals surface area contributed by atoms with E-state index in [-0.39, 0.29) is 5.82 Å². The first kappa shape index (κ1) is 13.1. The number of oxazole rings is 1. The first-order valence-electron chi connectivity index (χ1n) is 5.60. The number of hydrogen-bond donors (Lipinski definition) is 1. The number of nitrogens with one attached hydrogen (secondary N) is 1. The van der Waals surface area contributed by atoms with E-state index in [1.165, 1.54) is 6.07 Å². The highest BCUT2D eigenvalue weighted by Crippen LogP contribution is 2.24. The van der Waals surface area contributed by atoms with Crippen molar-refractivity contribution in [1.29, 1.82) is 0 Å². The lowest BCUT2D eigenvalue weighted by Crippen LogP contribution is -2.02. The lowest BCUT2D eigenvalue weighted by atomic mass is 10.2. The summed E-state index contributed by atoms with van der Waals surface area (Å²) in [6.45, 7) is 6.12. The third kappa shape index (κ3) is 2.72. The van der Waals surface area contributed by atoms with Gasteiger partial charge in [0, 0.05) is 5.69 Å². The molecule has 0 aliphatic carbocycles. The van der Waals surface area contributed by atoms with Gasteiger partial charge in [-0.1, -0.05) is 0 Å². The third-order valence-electron chi connectivity index (χ3n) is 2.77. The van der Waals surface area contributed by atoms with Crippen LogP contribution in [0.15, 0.2) is 21.0 Å². The van der Waals surface area contributed by atoms with Gasteiger partial charge in [-0.15, -0.1) is 0 Å². The molecule has 0 aliphatic heterocycles. The topological polar surface area (TPSA) is 38.1 Å². The maximum atomic E-state index is 13.4. The maximum Gasteiger partial charge on any atom is 0.213 e. The Morgan fingerprint density at radius 2 is 2.06 bits per heavy atom. The van der Waals surface area contributed by atoms with Gasteiger partial charge in [0.1, 0.15) is 11.6 Å². The van der Waals surface area contributed by atoms with Gasteiger partial charge in [-0.05, 0) is 54.4 Å². The fraction of sp³-hybridized carbons (Fsp3) is 0.308. The summed E-state index contributed by atoms with van der Waals surface area (Å²) in [7, 11) is 0. The van der Waals surface area contributed by atoms with Gasteiger partial charge in [0.15, 0.2) is 0 Å². The van der Waals surface area contributed by atoms with Crippen LogP contribution in [-0.4, -0.2) is 4.98 Å². The van der Waals surface area contributed by atoms with E-state index in [0.29, 0.717) is 16.9 Å². The molecule has 1 aromatic heterocycles. The van der Waals surface area contributed by atoms with Gasteiger partial charge < -0.3 is 9.73 Å². The molecule has 1 heterocycles. The molecule has 96 valence electrons. The molecule has 0 bridgehead atoms. The minimum absolute atomic E-state index is 0.289. The molecule has 5 heteroatoms. The SMILES string of the molecule is Cc1cc(Br)c(F)cc1NCc1nc(C)c(C)o1. The molecule has 0 radical (unpaired) electrons. The predicted octanol–water partition coefficient (Wildman–Crippen LogP) is 4.11. The summed E-state index contributed by atoms with van der Waals surface area (Å²) in [5.74, 6) is 1.13. The fourth-order valence-corrected chi connectivity index (χ4v) is 2.08. The van der Waals surface area contributed by atoms with Crippen molar-refractivity contribution < 1.29 is 8.81 Å². The summed E-state index contributed by atoms with van der Waals surface area (Å²) in [5.41, 5.74) is 2.58. The molecule has 0 amide bonds. The molecule has 0 spiro atoms. The van der Waals surface area contributed by atoms with Crippen LogP contribution in [0.4, 0.5) is 10.1 Å². The summed E-state index contributed by atoms with van der Waals surface area (Å²) in [5, 5.41) is 3.12. The van der Waals surface area contributed by atoms with Gasteiger partial charge in [-0.3, -0.25) is 0 Å². The summed E-state index contributed by atoms with van der Waals surface area (Å²) < 4.78 is 19.3. The zero-order chi connectivity index (χ0) is 13.3. The second-order valence-corrected chi connectivity index (χ2v) is 5.04. The van der Waals surface area contributed by atoms with E-state index in [4.69, 9.17) is 4.42 Å². The molecule has 1 aromatic carbocycles. The number of aryl methyl sites for hydroxylation is 3. The first-order chi connectivity index (χ1) is 8.47. The van der Waals surface area contributed by atoms with Crippen LogP contribution in [0.25, 0.3) is 0 Å². The lowest BCUT2D eigenvalue weighted by molar-refractivity contribution is 0.478. The average Bonchev–Trinajstić information content (AvgIpc) is 2.62. The van der Waals surface area contributed by atoms with Gasteiger partial charge >= 0.3 is 0 Å². The monoisotopic (exact) mass is 312 g/mol. The number of benzene rings is 1. The van der Waals surface area contributed by atoms with Crippen molar-refractivity contribution in [3.8, 4) is 0 Å². The van der Waals surface area contributed by atoms with Gasteiger partial charge in [0.2, 0.25) is 5.89 Å². The number of nitrogens with zero attached hydrogens (tertiary/aromatic N) is 1. The molecule has 0 aliphatic rings. The Hall–Kier alpha value is -1.36. The summed E-state index contributed by atoms with van der Waals surface area (Å²) >= 11 is 3.16. The molecule has 0 fully saturated rings. The molecule has 2 aromatic rings. The van der Waals surface area contributed by atoms with Crippen LogP contribution in [0.3, 0.4) is 0 Å². The second-order valence-electron chi connectivity index (χ2n) is 4.18. The van der Waals surface area contributed by atoms with Crippen LogP contribution >= 0.6 is 15.9 Å². The van der Waals surface area contributed by atoms with Crippen molar-refractivity contribution in [2.75, 3.05) is 5.32 Å². The number of rotatable bonds is 3. The molecular formula is C13H14BrFN2O. The van der Waals surface area contributed by atoms with Crippen LogP contribution in [0.5, 0.6) is 0 Å². The predicted molar refractivity (Wildman–Crippen MR) is 72.1 cm³/mol. The zero-order valence-electron chi connectivity index (χ0n) is 10.5. The molecule has 0 saturated heterocycles. The van der Waals surface area contributed by atoms with Gasteiger partial charge in [-0.25, -0.2) is 9.37 Å².